The second-order valence-electron chi connectivity index (χ2n) is 8.88. The Labute approximate surface area is 188 Å². The van der Waals surface area contributed by atoms with Crippen molar-refractivity contribution < 1.29 is 14.4 Å². The average molecular weight is 444 g/mol. The maximum Gasteiger partial charge on any atom is 0.255 e. The van der Waals surface area contributed by atoms with Gasteiger partial charge in [0.25, 0.3) is 5.91 Å². The molecule has 2 aliphatic heterocycles. The van der Waals surface area contributed by atoms with Crippen molar-refractivity contribution in [2.24, 2.45) is 0 Å². The van der Waals surface area contributed by atoms with E-state index >= 15 is 0 Å². The van der Waals surface area contributed by atoms with Crippen LogP contribution in [0.5, 0.6) is 0 Å². The molecule has 2 N–H and O–H groups in total. The van der Waals surface area contributed by atoms with Gasteiger partial charge in [-0.2, -0.15) is 0 Å². The van der Waals surface area contributed by atoms with Gasteiger partial charge >= 0.3 is 0 Å². The number of hydrogen-bond donors (Lipinski definition) is 2. The first kappa shape index (κ1) is 22.3. The summed E-state index contributed by atoms with van der Waals surface area (Å²) >= 11 is 1.81. The van der Waals surface area contributed by atoms with Crippen LogP contribution < -0.4 is 10.6 Å². The zero-order chi connectivity index (χ0) is 21.6. The third-order valence-corrected chi connectivity index (χ3v) is 7.84. The normalized spacial score (nSPS) is 21.2. The molecule has 7 heteroatoms. The number of unbranched alkanes of at least 4 members (excludes halogenated alkanes) is 4. The van der Waals surface area contributed by atoms with Crippen molar-refractivity contribution in [2.75, 3.05) is 12.3 Å². The van der Waals surface area contributed by atoms with Crippen LogP contribution in [-0.4, -0.2) is 47.0 Å². The fourth-order valence-electron chi connectivity index (χ4n) is 4.55. The van der Waals surface area contributed by atoms with Crippen molar-refractivity contribution >= 4 is 29.5 Å². The number of piperidine rings is 1. The van der Waals surface area contributed by atoms with E-state index in [1.54, 1.807) is 4.90 Å². The fraction of sp³-hybridized carbons (Fsp3) is 0.625. The Balaban J connectivity index is 1.19. The minimum atomic E-state index is -0.547. The maximum atomic E-state index is 12.9. The molecule has 1 aromatic carbocycles. The molecule has 1 saturated carbocycles. The summed E-state index contributed by atoms with van der Waals surface area (Å²) in [5.74, 6) is 0.344. The minimum absolute atomic E-state index is 0.0949. The van der Waals surface area contributed by atoms with Crippen molar-refractivity contribution in [1.82, 2.24) is 15.5 Å². The van der Waals surface area contributed by atoms with Crippen molar-refractivity contribution in [3.63, 3.8) is 0 Å². The molecule has 0 radical (unpaired) electrons. The molecule has 1 unspecified atom stereocenters. The molecular weight excluding hydrogens is 410 g/mol. The van der Waals surface area contributed by atoms with Gasteiger partial charge in [-0.3, -0.25) is 19.7 Å². The quantitative estimate of drug-likeness (QED) is 0.310. The van der Waals surface area contributed by atoms with Gasteiger partial charge in [-0.15, -0.1) is 11.8 Å². The molecule has 6 nitrogen and oxygen atoms in total. The zero-order valence-electron chi connectivity index (χ0n) is 18.2. The van der Waals surface area contributed by atoms with Crippen LogP contribution in [0.15, 0.2) is 23.1 Å². The number of amides is 3. The molecule has 2 heterocycles. The predicted octanol–water partition coefficient (Wildman–Crippen LogP) is 3.63. The number of benzene rings is 1. The molecular formula is C24H33N3O3S. The number of nitrogens with zero attached hydrogens (tertiary/aromatic N) is 1. The van der Waals surface area contributed by atoms with Crippen molar-refractivity contribution in [3.8, 4) is 0 Å². The summed E-state index contributed by atoms with van der Waals surface area (Å²) in [6.45, 7) is 1.62. The molecule has 0 bridgehead atoms. The van der Waals surface area contributed by atoms with Crippen LogP contribution in [0, 0.1) is 0 Å². The lowest BCUT2D eigenvalue weighted by Crippen LogP contribution is -2.52. The Kier molecular flexibility index (Phi) is 7.67. The number of fused-ring (bicyclic) bond motifs is 1. The smallest absolute Gasteiger partial charge is 0.255 e. The number of carbonyl (C=O) groups is 3. The van der Waals surface area contributed by atoms with Gasteiger partial charge in [0.05, 0.1) is 0 Å². The lowest BCUT2D eigenvalue weighted by molar-refractivity contribution is -0.136. The lowest BCUT2D eigenvalue weighted by atomic mass is 9.93. The number of rotatable bonds is 11. The lowest BCUT2D eigenvalue weighted by Gasteiger charge is -2.29. The SMILES string of the molecule is O=C1CCC(N2Cc3c(SCCCCCCCNC4CCC4)cccc3C2=O)C(=O)N1. The van der Waals surface area contributed by atoms with Gasteiger partial charge in [0.15, 0.2) is 0 Å². The van der Waals surface area contributed by atoms with Gasteiger partial charge in [0.1, 0.15) is 6.04 Å². The number of imide groups is 1. The number of nitrogens with one attached hydrogen (secondary N) is 2. The average Bonchev–Trinajstić information content (AvgIpc) is 3.05. The highest BCUT2D eigenvalue weighted by molar-refractivity contribution is 7.99. The molecule has 3 aliphatic rings. The predicted molar refractivity (Wildman–Crippen MR) is 122 cm³/mol. The Hall–Kier alpha value is -1.86. The number of carbonyl (C=O) groups excluding carboxylic acids is 3. The summed E-state index contributed by atoms with van der Waals surface area (Å²) in [6, 6.07) is 6.11. The van der Waals surface area contributed by atoms with Gasteiger partial charge in [-0.05, 0) is 62.1 Å². The molecule has 3 amide bonds. The summed E-state index contributed by atoms with van der Waals surface area (Å²) in [6.07, 6.45) is 11.1. The second kappa shape index (κ2) is 10.6. The Morgan fingerprint density at radius 3 is 2.61 bits per heavy atom. The highest BCUT2D eigenvalue weighted by atomic mass is 32.2. The molecule has 168 valence electrons. The highest BCUT2D eigenvalue weighted by Crippen LogP contribution is 2.34. The molecule has 1 saturated heterocycles. The Morgan fingerprint density at radius 1 is 1.03 bits per heavy atom. The zero-order valence-corrected chi connectivity index (χ0v) is 19.0. The van der Waals surface area contributed by atoms with Crippen LogP contribution in [-0.2, 0) is 16.1 Å². The number of hydrogen-bond acceptors (Lipinski definition) is 5. The molecule has 1 aliphatic carbocycles. The van der Waals surface area contributed by atoms with E-state index in [1.165, 1.54) is 51.4 Å². The van der Waals surface area contributed by atoms with Gasteiger partial charge in [-0.1, -0.05) is 31.7 Å². The Morgan fingerprint density at radius 2 is 1.84 bits per heavy atom. The molecule has 0 spiro atoms. The van der Waals surface area contributed by atoms with Crippen molar-refractivity contribution in [1.29, 1.82) is 0 Å². The van der Waals surface area contributed by atoms with Crippen LogP contribution in [0.4, 0.5) is 0 Å². The molecule has 1 aromatic rings. The van der Waals surface area contributed by atoms with Crippen LogP contribution in [0.3, 0.4) is 0 Å². The van der Waals surface area contributed by atoms with E-state index in [-0.39, 0.29) is 24.1 Å². The summed E-state index contributed by atoms with van der Waals surface area (Å²) in [4.78, 5) is 39.3. The molecule has 0 aromatic heterocycles. The third kappa shape index (κ3) is 5.50. The summed E-state index contributed by atoms with van der Waals surface area (Å²) in [5.41, 5.74) is 1.73. The van der Waals surface area contributed by atoms with E-state index in [0.717, 1.165) is 28.8 Å². The molecule has 2 fully saturated rings. The first-order chi connectivity index (χ1) is 15.1. The van der Waals surface area contributed by atoms with Crippen LogP contribution in [0.1, 0.15) is 80.1 Å². The molecule has 4 rings (SSSR count). The van der Waals surface area contributed by atoms with Gasteiger partial charge in [0.2, 0.25) is 11.8 Å². The Bertz CT molecular complexity index is 824. The topological polar surface area (TPSA) is 78.5 Å². The van der Waals surface area contributed by atoms with E-state index in [2.05, 4.69) is 16.7 Å². The van der Waals surface area contributed by atoms with Gasteiger partial charge in [0, 0.05) is 29.5 Å². The van der Waals surface area contributed by atoms with Crippen LogP contribution >= 0.6 is 11.8 Å². The summed E-state index contributed by atoms with van der Waals surface area (Å²) in [7, 11) is 0. The van der Waals surface area contributed by atoms with E-state index in [9.17, 15) is 14.4 Å². The van der Waals surface area contributed by atoms with Gasteiger partial charge in [-0.25, -0.2) is 0 Å². The second-order valence-corrected chi connectivity index (χ2v) is 10.0. The van der Waals surface area contributed by atoms with E-state index in [0.29, 0.717) is 18.5 Å². The van der Waals surface area contributed by atoms with Crippen LogP contribution in [0.2, 0.25) is 0 Å². The fourth-order valence-corrected chi connectivity index (χ4v) is 5.64. The first-order valence-electron chi connectivity index (χ1n) is 11.8. The van der Waals surface area contributed by atoms with Crippen LogP contribution in [0.25, 0.3) is 0 Å². The minimum Gasteiger partial charge on any atom is -0.322 e. The number of thioether (sulfide) groups is 1. The maximum absolute atomic E-state index is 12.9. The van der Waals surface area contributed by atoms with E-state index in [4.69, 9.17) is 0 Å². The van der Waals surface area contributed by atoms with Crippen molar-refractivity contribution in [2.45, 2.75) is 87.7 Å². The first-order valence-corrected chi connectivity index (χ1v) is 12.7. The van der Waals surface area contributed by atoms with E-state index < -0.39 is 6.04 Å². The van der Waals surface area contributed by atoms with Crippen molar-refractivity contribution in [3.05, 3.63) is 29.3 Å². The summed E-state index contributed by atoms with van der Waals surface area (Å²) in [5, 5.41) is 5.99. The summed E-state index contributed by atoms with van der Waals surface area (Å²) < 4.78 is 0. The third-order valence-electron chi connectivity index (χ3n) is 6.66. The highest BCUT2D eigenvalue weighted by Gasteiger charge is 2.39. The molecule has 1 atom stereocenters. The molecule has 31 heavy (non-hydrogen) atoms. The van der Waals surface area contributed by atoms with Gasteiger partial charge < -0.3 is 10.2 Å². The standard InChI is InChI=1S/C24H33N3O3S/c28-22-13-12-20(23(29)26-22)27-16-19-18(24(27)30)10-7-11-21(19)31-15-5-3-1-2-4-14-25-17-8-6-9-17/h7,10-11,17,20,25H,1-6,8-9,12-16H2,(H,26,28,29). The largest absolute Gasteiger partial charge is 0.322 e. The van der Waals surface area contributed by atoms with E-state index in [1.807, 2.05) is 23.9 Å². The monoisotopic (exact) mass is 443 g/mol.